The average molecular weight is 190 g/mol. The average Bonchev–Trinajstić information content (AvgIpc) is 2.46. The predicted molar refractivity (Wildman–Crippen MR) is 41.8 cm³/mol. The summed E-state index contributed by atoms with van der Waals surface area (Å²) in [5, 5.41) is 18.7. The van der Waals surface area contributed by atoms with Gasteiger partial charge in [-0.25, -0.2) is 0 Å². The molecule has 2 fully saturated rings. The lowest BCUT2D eigenvalue weighted by atomic mass is 10.0. The largest absolute Gasteiger partial charge is 0.393 e. The second-order valence-corrected chi connectivity index (χ2v) is 3.91. The Balaban J connectivity index is 2.26. The summed E-state index contributed by atoms with van der Waals surface area (Å²) in [6, 6.07) is 0. The third kappa shape index (κ3) is 1.19. The highest BCUT2D eigenvalue weighted by molar-refractivity contribution is 5.02. The summed E-state index contributed by atoms with van der Waals surface area (Å²) in [5.74, 6) is -0.766. The molecule has 0 saturated carbocycles. The van der Waals surface area contributed by atoms with Gasteiger partial charge in [-0.05, 0) is 13.8 Å². The molecule has 2 aliphatic heterocycles. The van der Waals surface area contributed by atoms with Crippen LogP contribution >= 0.6 is 0 Å². The fraction of sp³-hybridized carbons (Fsp3) is 1.00. The minimum Gasteiger partial charge on any atom is -0.393 e. The van der Waals surface area contributed by atoms with Crippen LogP contribution in [0.2, 0.25) is 0 Å². The van der Waals surface area contributed by atoms with Crippen molar-refractivity contribution in [2.45, 2.75) is 37.6 Å². The van der Waals surface area contributed by atoms with Crippen LogP contribution in [-0.2, 0) is 14.2 Å². The lowest BCUT2D eigenvalue weighted by Crippen LogP contribution is -2.49. The molecule has 5 nitrogen and oxygen atoms in total. The molecule has 3 atom stereocenters. The molecule has 5 heteroatoms. The fourth-order valence-electron chi connectivity index (χ4n) is 1.91. The Bertz CT molecular complexity index is 217. The van der Waals surface area contributed by atoms with Crippen molar-refractivity contribution in [3.8, 4) is 0 Å². The van der Waals surface area contributed by atoms with Crippen molar-refractivity contribution in [2.24, 2.45) is 0 Å². The highest BCUT2D eigenvalue weighted by atomic mass is 16.8. The van der Waals surface area contributed by atoms with E-state index in [2.05, 4.69) is 0 Å². The molecule has 0 radical (unpaired) electrons. The Hall–Kier alpha value is -0.200. The van der Waals surface area contributed by atoms with Gasteiger partial charge in [-0.2, -0.15) is 0 Å². The number of fused-ring (bicyclic) bond motifs is 1. The smallest absolute Gasteiger partial charge is 0.189 e. The van der Waals surface area contributed by atoms with E-state index in [-0.39, 0.29) is 19.3 Å². The molecule has 2 saturated heterocycles. The van der Waals surface area contributed by atoms with Crippen LogP contribution in [0.3, 0.4) is 0 Å². The second kappa shape index (κ2) is 2.65. The zero-order valence-electron chi connectivity index (χ0n) is 7.69. The monoisotopic (exact) mass is 190 g/mol. The third-order valence-electron chi connectivity index (χ3n) is 2.48. The van der Waals surface area contributed by atoms with Gasteiger partial charge in [0.15, 0.2) is 17.7 Å². The normalized spacial score (nSPS) is 48.0. The fourth-order valence-corrected chi connectivity index (χ4v) is 1.91. The highest BCUT2D eigenvalue weighted by Gasteiger charge is 2.61. The van der Waals surface area contributed by atoms with Crippen molar-refractivity contribution in [3.05, 3.63) is 0 Å². The summed E-state index contributed by atoms with van der Waals surface area (Å²) in [4.78, 5) is 0. The molecule has 0 spiro atoms. The van der Waals surface area contributed by atoms with E-state index in [4.69, 9.17) is 14.2 Å². The second-order valence-electron chi connectivity index (χ2n) is 3.91. The molecule has 0 amide bonds. The summed E-state index contributed by atoms with van der Waals surface area (Å²) in [6.45, 7) is 3.44. The van der Waals surface area contributed by atoms with Gasteiger partial charge in [0.2, 0.25) is 0 Å². The predicted octanol–water partition coefficient (Wildman–Crippen LogP) is -0.782. The van der Waals surface area contributed by atoms with Gasteiger partial charge >= 0.3 is 0 Å². The van der Waals surface area contributed by atoms with E-state index >= 15 is 0 Å². The highest BCUT2D eigenvalue weighted by Crippen LogP contribution is 2.42. The quantitative estimate of drug-likeness (QED) is 0.567. The van der Waals surface area contributed by atoms with E-state index in [1.807, 2.05) is 0 Å². The van der Waals surface area contributed by atoms with Crippen molar-refractivity contribution < 1.29 is 24.4 Å². The molecule has 0 aromatic heterocycles. The third-order valence-corrected chi connectivity index (χ3v) is 2.48. The van der Waals surface area contributed by atoms with Gasteiger partial charge < -0.3 is 24.4 Å². The molecule has 76 valence electrons. The van der Waals surface area contributed by atoms with E-state index in [0.29, 0.717) is 0 Å². The lowest BCUT2D eigenvalue weighted by Gasteiger charge is -2.27. The Kier molecular flexibility index (Phi) is 1.91. The number of ether oxygens (including phenoxy) is 3. The van der Waals surface area contributed by atoms with Crippen LogP contribution in [0.4, 0.5) is 0 Å². The summed E-state index contributed by atoms with van der Waals surface area (Å²) in [7, 11) is 0. The molecule has 0 aliphatic carbocycles. The number of hydrogen-bond acceptors (Lipinski definition) is 5. The first-order chi connectivity index (χ1) is 6.00. The van der Waals surface area contributed by atoms with Crippen LogP contribution in [0.15, 0.2) is 0 Å². The van der Waals surface area contributed by atoms with Crippen LogP contribution in [0.25, 0.3) is 0 Å². The van der Waals surface area contributed by atoms with Crippen molar-refractivity contribution in [2.75, 3.05) is 13.2 Å². The minimum atomic E-state index is -1.11. The molecule has 2 N–H and O–H groups in total. The Morgan fingerprint density at radius 1 is 1.46 bits per heavy atom. The molecule has 2 heterocycles. The molecule has 2 rings (SSSR count). The maximum atomic E-state index is 9.49. The van der Waals surface area contributed by atoms with Crippen LogP contribution in [0.1, 0.15) is 13.8 Å². The van der Waals surface area contributed by atoms with Crippen molar-refractivity contribution in [1.82, 2.24) is 0 Å². The maximum absolute atomic E-state index is 9.49. The first-order valence-electron chi connectivity index (χ1n) is 4.29. The van der Waals surface area contributed by atoms with E-state index in [9.17, 15) is 10.2 Å². The van der Waals surface area contributed by atoms with Crippen molar-refractivity contribution in [1.29, 1.82) is 0 Å². The summed E-state index contributed by atoms with van der Waals surface area (Å²) in [6.07, 6.45) is -1.49. The van der Waals surface area contributed by atoms with Crippen molar-refractivity contribution >= 4 is 0 Å². The molecular formula is C8H14O5. The molecule has 2 aliphatic rings. The summed E-state index contributed by atoms with van der Waals surface area (Å²) < 4.78 is 15.9. The van der Waals surface area contributed by atoms with Gasteiger partial charge in [-0.15, -0.1) is 0 Å². The van der Waals surface area contributed by atoms with Gasteiger partial charge in [-0.3, -0.25) is 0 Å². The van der Waals surface area contributed by atoms with Crippen LogP contribution < -0.4 is 0 Å². The summed E-state index contributed by atoms with van der Waals surface area (Å²) >= 11 is 0. The van der Waals surface area contributed by atoms with E-state index in [1.165, 1.54) is 0 Å². The lowest BCUT2D eigenvalue weighted by molar-refractivity contribution is -0.243. The molecule has 1 unspecified atom stereocenters. The van der Waals surface area contributed by atoms with E-state index in [0.717, 1.165) is 0 Å². The Labute approximate surface area is 76.2 Å². The van der Waals surface area contributed by atoms with Crippen molar-refractivity contribution in [3.63, 3.8) is 0 Å². The number of aliphatic hydroxyl groups excluding tert-OH is 2. The van der Waals surface area contributed by atoms with Gasteiger partial charge in [0.25, 0.3) is 0 Å². The topological polar surface area (TPSA) is 68.2 Å². The zero-order valence-corrected chi connectivity index (χ0v) is 7.69. The molecular weight excluding hydrogens is 176 g/mol. The Morgan fingerprint density at radius 3 is 2.69 bits per heavy atom. The van der Waals surface area contributed by atoms with E-state index < -0.39 is 17.7 Å². The molecule has 0 aromatic carbocycles. The zero-order chi connectivity index (χ0) is 9.69. The SMILES string of the molecule is CC1(C)O[C@@H]2COC(O)[C@]2(CO)O1. The van der Waals surface area contributed by atoms with Gasteiger partial charge in [-0.1, -0.05) is 0 Å². The molecule has 0 aromatic rings. The van der Waals surface area contributed by atoms with Crippen LogP contribution in [0.5, 0.6) is 0 Å². The molecule has 0 bridgehead atoms. The van der Waals surface area contributed by atoms with Gasteiger partial charge in [0, 0.05) is 0 Å². The van der Waals surface area contributed by atoms with Gasteiger partial charge in [0.05, 0.1) is 13.2 Å². The number of rotatable bonds is 1. The van der Waals surface area contributed by atoms with Gasteiger partial charge in [0.1, 0.15) is 6.10 Å². The van der Waals surface area contributed by atoms with Crippen LogP contribution in [0, 0.1) is 0 Å². The standard InChI is InChI=1S/C8H14O5/c1-7(2)12-5-3-11-6(10)8(5,4-9)13-7/h5-6,9-10H,3-4H2,1-2H3/t5-,6?,8-/m1/s1. The maximum Gasteiger partial charge on any atom is 0.189 e. The Morgan fingerprint density at radius 2 is 2.15 bits per heavy atom. The van der Waals surface area contributed by atoms with Crippen LogP contribution in [-0.4, -0.2) is 47.2 Å². The minimum absolute atomic E-state index is 0.255. The first kappa shape index (κ1) is 9.36. The number of hydrogen-bond donors (Lipinski definition) is 2. The molecule has 13 heavy (non-hydrogen) atoms. The van der Waals surface area contributed by atoms with E-state index in [1.54, 1.807) is 13.8 Å². The number of aliphatic hydroxyl groups is 2. The first-order valence-corrected chi connectivity index (χ1v) is 4.29. The summed E-state index contributed by atoms with van der Waals surface area (Å²) in [5.41, 5.74) is -1.09.